The molecule has 1 aliphatic rings. The molecule has 2 aromatic carbocycles. The number of amides is 4. The summed E-state index contributed by atoms with van der Waals surface area (Å²) in [4.78, 5) is 40.8. The Morgan fingerprint density at radius 1 is 1.16 bits per heavy atom. The van der Waals surface area contributed by atoms with Crippen molar-refractivity contribution in [3.63, 3.8) is 0 Å². The van der Waals surface area contributed by atoms with Crippen LogP contribution in [0.15, 0.2) is 71.5 Å². The highest BCUT2D eigenvalue weighted by molar-refractivity contribution is 9.10. The molecule has 1 aliphatic heterocycles. The van der Waals surface area contributed by atoms with E-state index in [2.05, 4.69) is 26.3 Å². The van der Waals surface area contributed by atoms with E-state index in [0.717, 1.165) is 20.6 Å². The topological polar surface area (TPSA) is 87.5 Å². The molecular weight excluding hydrogens is 474 g/mol. The number of imide groups is 1. The number of benzene rings is 2. The fourth-order valence-electron chi connectivity index (χ4n) is 3.62. The van der Waals surface area contributed by atoms with Crippen molar-refractivity contribution in [2.24, 2.45) is 0 Å². The van der Waals surface area contributed by atoms with E-state index in [0.29, 0.717) is 12.1 Å². The number of hydrogen-bond acceptors (Lipinski definition) is 4. The monoisotopic (exact) mass is 495 g/mol. The minimum absolute atomic E-state index is 0.304. The van der Waals surface area contributed by atoms with Crippen molar-refractivity contribution >= 4 is 33.8 Å². The molecule has 9 heteroatoms. The summed E-state index contributed by atoms with van der Waals surface area (Å²) in [6.07, 6.45) is 3.53. The highest BCUT2D eigenvalue weighted by Gasteiger charge is 2.49. The Kier molecular flexibility index (Phi) is 5.84. The third-order valence-corrected chi connectivity index (χ3v) is 5.97. The first kappa shape index (κ1) is 21.8. The van der Waals surface area contributed by atoms with Crippen LogP contribution in [-0.4, -0.2) is 51.0 Å². The van der Waals surface area contributed by atoms with Crippen LogP contribution in [0.25, 0.3) is 5.69 Å². The van der Waals surface area contributed by atoms with Gasteiger partial charge in [0.15, 0.2) is 0 Å². The standard InChI is InChI=1S/C23H22BrN5O3/c1-23(17-7-6-8-18(24)11-17)21(31)28(22(32)26-23)15-20(30)27(2)13-16-12-25-29(14-16)19-9-4-3-5-10-19/h3-12,14H,13,15H2,1-2H3,(H,26,32)/t23-/m1/s1. The number of nitrogens with one attached hydrogen (secondary N) is 1. The minimum atomic E-state index is -1.23. The number of nitrogens with zero attached hydrogens (tertiary/aromatic N) is 4. The molecule has 0 bridgehead atoms. The van der Waals surface area contributed by atoms with E-state index in [4.69, 9.17) is 0 Å². The lowest BCUT2D eigenvalue weighted by atomic mass is 9.92. The van der Waals surface area contributed by atoms with E-state index in [1.165, 1.54) is 4.90 Å². The molecule has 0 unspecified atom stereocenters. The zero-order valence-electron chi connectivity index (χ0n) is 17.7. The molecule has 0 radical (unpaired) electrons. The molecule has 32 heavy (non-hydrogen) atoms. The molecular formula is C23H22BrN5O3. The maximum absolute atomic E-state index is 13.1. The Labute approximate surface area is 193 Å². The van der Waals surface area contributed by atoms with Gasteiger partial charge in [-0.05, 0) is 36.8 Å². The van der Waals surface area contributed by atoms with E-state index >= 15 is 0 Å². The van der Waals surface area contributed by atoms with Gasteiger partial charge in [-0.15, -0.1) is 0 Å². The predicted molar refractivity (Wildman–Crippen MR) is 122 cm³/mol. The third-order valence-electron chi connectivity index (χ3n) is 5.47. The van der Waals surface area contributed by atoms with Crippen molar-refractivity contribution in [3.05, 3.63) is 82.6 Å². The molecule has 0 spiro atoms. The maximum Gasteiger partial charge on any atom is 0.325 e. The first-order valence-electron chi connectivity index (χ1n) is 10.0. The van der Waals surface area contributed by atoms with E-state index in [9.17, 15) is 14.4 Å². The molecule has 4 rings (SSSR count). The largest absolute Gasteiger partial charge is 0.340 e. The summed E-state index contributed by atoms with van der Waals surface area (Å²) in [5.41, 5.74) is 1.16. The average Bonchev–Trinajstić information content (AvgIpc) is 3.33. The van der Waals surface area contributed by atoms with Crippen LogP contribution in [0.3, 0.4) is 0 Å². The Morgan fingerprint density at radius 2 is 1.91 bits per heavy atom. The number of hydrogen-bond donors (Lipinski definition) is 1. The van der Waals surface area contributed by atoms with Crippen LogP contribution in [-0.2, 0) is 21.7 Å². The molecule has 1 aromatic heterocycles. The number of aromatic nitrogens is 2. The molecule has 164 valence electrons. The summed E-state index contributed by atoms with van der Waals surface area (Å²) in [7, 11) is 1.63. The van der Waals surface area contributed by atoms with Gasteiger partial charge in [-0.3, -0.25) is 14.5 Å². The number of carbonyl (C=O) groups is 3. The fraction of sp³-hybridized carbons (Fsp3) is 0.217. The van der Waals surface area contributed by atoms with Crippen molar-refractivity contribution in [2.45, 2.75) is 19.0 Å². The van der Waals surface area contributed by atoms with Crippen LogP contribution in [0.5, 0.6) is 0 Å². The van der Waals surface area contributed by atoms with E-state index in [-0.39, 0.29) is 12.5 Å². The fourth-order valence-corrected chi connectivity index (χ4v) is 4.02. The van der Waals surface area contributed by atoms with E-state index in [1.807, 2.05) is 42.6 Å². The quantitative estimate of drug-likeness (QED) is 0.532. The lowest BCUT2D eigenvalue weighted by Crippen LogP contribution is -2.43. The summed E-state index contributed by atoms with van der Waals surface area (Å²) in [6, 6.07) is 16.2. The van der Waals surface area contributed by atoms with E-state index in [1.54, 1.807) is 43.0 Å². The molecule has 4 amide bonds. The number of carbonyl (C=O) groups excluding carboxylic acids is 3. The Hall–Kier alpha value is -3.46. The highest BCUT2D eigenvalue weighted by atomic mass is 79.9. The number of rotatable bonds is 6. The summed E-state index contributed by atoms with van der Waals surface area (Å²) in [5, 5.41) is 7.05. The van der Waals surface area contributed by atoms with Crippen LogP contribution in [0.2, 0.25) is 0 Å². The molecule has 8 nitrogen and oxygen atoms in total. The molecule has 0 aliphatic carbocycles. The maximum atomic E-state index is 13.1. The van der Waals surface area contributed by atoms with Crippen molar-refractivity contribution in [1.82, 2.24) is 24.9 Å². The van der Waals surface area contributed by atoms with Gasteiger partial charge >= 0.3 is 6.03 Å². The highest BCUT2D eigenvalue weighted by Crippen LogP contribution is 2.30. The van der Waals surface area contributed by atoms with Gasteiger partial charge in [-0.25, -0.2) is 9.48 Å². The third kappa shape index (κ3) is 4.16. The first-order chi connectivity index (χ1) is 15.3. The van der Waals surface area contributed by atoms with Gasteiger partial charge in [0.2, 0.25) is 5.91 Å². The molecule has 0 saturated carbocycles. The summed E-state index contributed by atoms with van der Waals surface area (Å²) in [5.74, 6) is -0.807. The molecule has 1 saturated heterocycles. The number of likely N-dealkylation sites (N-methyl/N-ethyl adjacent to an activating group) is 1. The van der Waals surface area contributed by atoms with Gasteiger partial charge in [0.1, 0.15) is 12.1 Å². The normalized spacial score (nSPS) is 18.0. The van der Waals surface area contributed by atoms with Gasteiger partial charge in [-0.2, -0.15) is 5.10 Å². The second kappa shape index (κ2) is 8.58. The lowest BCUT2D eigenvalue weighted by molar-refractivity contribution is -0.138. The summed E-state index contributed by atoms with van der Waals surface area (Å²) >= 11 is 3.39. The number of urea groups is 1. The molecule has 3 aromatic rings. The summed E-state index contributed by atoms with van der Waals surface area (Å²) in [6.45, 7) is 1.61. The smallest absolute Gasteiger partial charge is 0.325 e. The van der Waals surface area contributed by atoms with E-state index < -0.39 is 17.5 Å². The lowest BCUT2D eigenvalue weighted by Gasteiger charge is -2.23. The Morgan fingerprint density at radius 3 is 2.62 bits per heavy atom. The van der Waals surface area contributed by atoms with Crippen molar-refractivity contribution in [3.8, 4) is 5.69 Å². The van der Waals surface area contributed by atoms with Crippen molar-refractivity contribution < 1.29 is 14.4 Å². The van der Waals surface area contributed by atoms with Gasteiger partial charge < -0.3 is 10.2 Å². The van der Waals surface area contributed by atoms with Crippen LogP contribution in [0.1, 0.15) is 18.1 Å². The molecule has 1 N–H and O–H groups in total. The zero-order valence-corrected chi connectivity index (χ0v) is 19.2. The van der Waals surface area contributed by atoms with Crippen LogP contribution >= 0.6 is 15.9 Å². The molecule has 1 fully saturated rings. The van der Waals surface area contributed by atoms with Crippen LogP contribution in [0.4, 0.5) is 4.79 Å². The predicted octanol–water partition coefficient (Wildman–Crippen LogP) is 3.06. The minimum Gasteiger partial charge on any atom is -0.340 e. The van der Waals surface area contributed by atoms with Gasteiger partial charge in [-0.1, -0.05) is 46.3 Å². The zero-order chi connectivity index (χ0) is 22.9. The average molecular weight is 496 g/mol. The number of halogens is 1. The van der Waals surface area contributed by atoms with Gasteiger partial charge in [0, 0.05) is 29.8 Å². The second-order valence-corrected chi connectivity index (χ2v) is 8.75. The first-order valence-corrected chi connectivity index (χ1v) is 10.8. The van der Waals surface area contributed by atoms with Crippen molar-refractivity contribution in [1.29, 1.82) is 0 Å². The SMILES string of the molecule is CN(Cc1cnn(-c2ccccc2)c1)C(=O)CN1C(=O)N[C@](C)(c2cccc(Br)c2)C1=O. The number of para-hydroxylation sites is 1. The van der Waals surface area contributed by atoms with Crippen LogP contribution in [0, 0.1) is 0 Å². The molecule has 1 atom stereocenters. The van der Waals surface area contributed by atoms with Crippen molar-refractivity contribution in [2.75, 3.05) is 13.6 Å². The Balaban J connectivity index is 1.43. The van der Waals surface area contributed by atoms with Crippen LogP contribution < -0.4 is 5.32 Å². The molecule has 2 heterocycles. The summed E-state index contributed by atoms with van der Waals surface area (Å²) < 4.78 is 2.53. The second-order valence-electron chi connectivity index (χ2n) is 7.84. The van der Waals surface area contributed by atoms with Gasteiger partial charge in [0.05, 0.1) is 11.9 Å². The Bertz CT molecular complexity index is 1180. The van der Waals surface area contributed by atoms with Gasteiger partial charge in [0.25, 0.3) is 5.91 Å².